The Labute approximate surface area is 175 Å². The number of aromatic nitrogens is 3. The molecule has 4 rings (SSSR count). The van der Waals surface area contributed by atoms with Crippen LogP contribution in [-0.4, -0.2) is 20.9 Å². The number of nitrogens with zero attached hydrogens (tertiary/aromatic N) is 3. The van der Waals surface area contributed by atoms with Crippen LogP contribution in [0.25, 0.3) is 20.7 Å². The lowest BCUT2D eigenvalue weighted by Gasteiger charge is -2.14. The van der Waals surface area contributed by atoms with Gasteiger partial charge >= 0.3 is 0 Å². The molecule has 0 aliphatic rings. The zero-order chi connectivity index (χ0) is 20.5. The maximum atomic E-state index is 13.0. The Kier molecular flexibility index (Phi) is 5.17. The number of benzene rings is 2. The molecule has 0 fully saturated rings. The highest BCUT2D eigenvalue weighted by Gasteiger charge is 2.21. The van der Waals surface area contributed by atoms with Crippen LogP contribution in [0.3, 0.4) is 0 Å². The summed E-state index contributed by atoms with van der Waals surface area (Å²) in [4.78, 5) is 27.1. The van der Waals surface area contributed by atoms with Crippen molar-refractivity contribution >= 4 is 44.7 Å². The molecule has 2 aromatic heterocycles. The molecule has 0 saturated heterocycles. The molecule has 0 unspecified atom stereocenters. The van der Waals surface area contributed by atoms with E-state index in [4.69, 9.17) is 11.6 Å². The van der Waals surface area contributed by atoms with Crippen LogP contribution in [0.4, 0.5) is 5.69 Å². The molecule has 0 aliphatic heterocycles. The maximum absolute atomic E-state index is 13.0. The van der Waals surface area contributed by atoms with Crippen LogP contribution in [0.15, 0.2) is 59.4 Å². The van der Waals surface area contributed by atoms with E-state index in [0.717, 1.165) is 20.7 Å². The Morgan fingerprint density at radius 2 is 1.93 bits per heavy atom. The van der Waals surface area contributed by atoms with Crippen molar-refractivity contribution in [1.29, 1.82) is 0 Å². The topological polar surface area (TPSA) is 76.9 Å². The maximum Gasteiger partial charge on any atom is 0.279 e. The number of rotatable bonds is 4. The van der Waals surface area contributed by atoms with Crippen LogP contribution < -0.4 is 10.9 Å². The largest absolute Gasteiger partial charge is 0.324 e. The molecule has 1 N–H and O–H groups in total. The van der Waals surface area contributed by atoms with Crippen LogP contribution in [0, 0.1) is 6.92 Å². The first-order valence-corrected chi connectivity index (χ1v) is 10.1. The first kappa shape index (κ1) is 19.3. The lowest BCUT2D eigenvalue weighted by atomic mass is 10.2. The molecule has 1 atom stereocenters. The lowest BCUT2D eigenvalue weighted by molar-refractivity contribution is -0.119. The van der Waals surface area contributed by atoms with Gasteiger partial charge in [0.05, 0.1) is 5.39 Å². The van der Waals surface area contributed by atoms with Gasteiger partial charge in [0, 0.05) is 15.6 Å². The van der Waals surface area contributed by atoms with E-state index in [9.17, 15) is 9.59 Å². The van der Waals surface area contributed by atoms with Gasteiger partial charge in [-0.15, -0.1) is 16.4 Å². The Bertz CT molecular complexity index is 1270. The van der Waals surface area contributed by atoms with Crippen molar-refractivity contribution in [3.63, 3.8) is 0 Å². The molecule has 0 bridgehead atoms. The summed E-state index contributed by atoms with van der Waals surface area (Å²) in [6.45, 7) is 3.48. The molecule has 0 aliphatic carbocycles. The van der Waals surface area contributed by atoms with E-state index in [-0.39, 0.29) is 11.5 Å². The number of aryl methyl sites for hydroxylation is 1. The standard InChI is InChI=1S/C21H17ClN4O2S/c1-12-8-9-15(22)10-17(12)23-19(27)13(2)26-21(28)16-11-18(29-20(16)24-25-26)14-6-4-3-5-7-14/h3-11,13H,1-2H3,(H,23,27)/t13-/m0/s1. The second-order valence-corrected chi connectivity index (χ2v) is 8.13. The predicted molar refractivity (Wildman–Crippen MR) is 117 cm³/mol. The van der Waals surface area contributed by atoms with Gasteiger partial charge in [0.15, 0.2) is 4.83 Å². The number of fused-ring (bicyclic) bond motifs is 1. The summed E-state index contributed by atoms with van der Waals surface area (Å²) in [5.74, 6) is -0.371. The number of halogens is 1. The SMILES string of the molecule is Cc1ccc(Cl)cc1NC(=O)[C@H](C)n1nnc2sc(-c3ccccc3)cc2c1=O. The van der Waals surface area contributed by atoms with E-state index in [2.05, 4.69) is 15.6 Å². The summed E-state index contributed by atoms with van der Waals surface area (Å²) in [5.41, 5.74) is 2.12. The van der Waals surface area contributed by atoms with Crippen molar-refractivity contribution in [3.05, 3.63) is 75.5 Å². The average molecular weight is 425 g/mol. The molecule has 146 valence electrons. The Morgan fingerprint density at radius 3 is 2.69 bits per heavy atom. The predicted octanol–water partition coefficient (Wildman–Crippen LogP) is 4.68. The fraction of sp³-hybridized carbons (Fsp3) is 0.143. The van der Waals surface area contributed by atoms with Gasteiger partial charge in [-0.3, -0.25) is 9.59 Å². The average Bonchev–Trinajstić information content (AvgIpc) is 3.16. The fourth-order valence-corrected chi connectivity index (χ4v) is 4.08. The molecule has 4 aromatic rings. The number of amides is 1. The summed E-state index contributed by atoms with van der Waals surface area (Å²) in [6, 6.07) is 16.0. The third-order valence-corrected chi connectivity index (χ3v) is 5.95. The quantitative estimate of drug-likeness (QED) is 0.516. The molecule has 8 heteroatoms. The minimum absolute atomic E-state index is 0.348. The molecule has 2 aromatic carbocycles. The van der Waals surface area contributed by atoms with E-state index in [1.165, 1.54) is 11.3 Å². The number of anilines is 1. The van der Waals surface area contributed by atoms with Crippen molar-refractivity contribution in [2.45, 2.75) is 19.9 Å². The lowest BCUT2D eigenvalue weighted by Crippen LogP contribution is -2.34. The minimum atomic E-state index is -0.835. The number of hydrogen-bond acceptors (Lipinski definition) is 5. The van der Waals surface area contributed by atoms with Crippen LogP contribution >= 0.6 is 22.9 Å². The van der Waals surface area contributed by atoms with Crippen LogP contribution in [-0.2, 0) is 4.79 Å². The third kappa shape index (κ3) is 3.79. The smallest absolute Gasteiger partial charge is 0.279 e. The molecule has 2 heterocycles. The molecular weight excluding hydrogens is 408 g/mol. The molecule has 6 nitrogen and oxygen atoms in total. The van der Waals surface area contributed by atoms with Crippen molar-refractivity contribution in [3.8, 4) is 10.4 Å². The summed E-state index contributed by atoms with van der Waals surface area (Å²) in [5, 5.41) is 11.9. The van der Waals surface area contributed by atoms with Crippen molar-refractivity contribution < 1.29 is 4.79 Å². The summed E-state index contributed by atoms with van der Waals surface area (Å²) < 4.78 is 1.11. The van der Waals surface area contributed by atoms with Gasteiger partial charge < -0.3 is 5.32 Å². The van der Waals surface area contributed by atoms with E-state index in [1.807, 2.05) is 43.3 Å². The molecular formula is C21H17ClN4O2S. The number of carbonyl (C=O) groups is 1. The van der Waals surface area contributed by atoms with E-state index in [1.54, 1.807) is 25.1 Å². The Hall–Kier alpha value is -3.03. The van der Waals surface area contributed by atoms with Gasteiger partial charge in [0.1, 0.15) is 6.04 Å². The Balaban J connectivity index is 1.66. The normalized spacial score (nSPS) is 12.1. The number of hydrogen-bond donors (Lipinski definition) is 1. The Morgan fingerprint density at radius 1 is 1.17 bits per heavy atom. The molecule has 29 heavy (non-hydrogen) atoms. The highest BCUT2D eigenvalue weighted by atomic mass is 35.5. The minimum Gasteiger partial charge on any atom is -0.324 e. The van der Waals surface area contributed by atoms with Crippen LogP contribution in [0.2, 0.25) is 5.02 Å². The van der Waals surface area contributed by atoms with Crippen LogP contribution in [0.5, 0.6) is 0 Å². The second-order valence-electron chi connectivity index (χ2n) is 6.66. The number of thiophene rings is 1. The van der Waals surface area contributed by atoms with Crippen LogP contribution in [0.1, 0.15) is 18.5 Å². The fourth-order valence-electron chi connectivity index (χ4n) is 2.94. The molecule has 0 radical (unpaired) electrons. The summed E-state index contributed by atoms with van der Waals surface area (Å²) in [6.07, 6.45) is 0. The van der Waals surface area contributed by atoms with Gasteiger partial charge in [-0.2, -0.15) is 4.68 Å². The van der Waals surface area contributed by atoms with Gasteiger partial charge in [-0.1, -0.05) is 53.2 Å². The highest BCUT2D eigenvalue weighted by Crippen LogP contribution is 2.30. The molecule has 1 amide bonds. The highest BCUT2D eigenvalue weighted by molar-refractivity contribution is 7.21. The van der Waals surface area contributed by atoms with Gasteiger partial charge in [-0.05, 0) is 43.2 Å². The number of nitrogens with one attached hydrogen (secondary N) is 1. The van der Waals surface area contributed by atoms with Crippen molar-refractivity contribution in [2.24, 2.45) is 0 Å². The van der Waals surface area contributed by atoms with Crippen molar-refractivity contribution in [2.75, 3.05) is 5.32 Å². The van der Waals surface area contributed by atoms with E-state index >= 15 is 0 Å². The number of carbonyl (C=O) groups excluding carboxylic acids is 1. The first-order chi connectivity index (χ1) is 13.9. The summed E-state index contributed by atoms with van der Waals surface area (Å²) >= 11 is 7.41. The van der Waals surface area contributed by atoms with Gasteiger partial charge in [0.25, 0.3) is 5.56 Å². The molecule has 0 spiro atoms. The van der Waals surface area contributed by atoms with E-state index in [0.29, 0.717) is 20.9 Å². The third-order valence-electron chi connectivity index (χ3n) is 4.64. The zero-order valence-electron chi connectivity index (χ0n) is 15.7. The van der Waals surface area contributed by atoms with Gasteiger partial charge in [-0.25, -0.2) is 0 Å². The monoisotopic (exact) mass is 424 g/mol. The first-order valence-electron chi connectivity index (χ1n) is 8.95. The molecule has 0 saturated carbocycles. The summed E-state index contributed by atoms with van der Waals surface area (Å²) in [7, 11) is 0. The zero-order valence-corrected chi connectivity index (χ0v) is 17.3. The van der Waals surface area contributed by atoms with Crippen molar-refractivity contribution in [1.82, 2.24) is 15.0 Å². The van der Waals surface area contributed by atoms with E-state index < -0.39 is 6.04 Å². The second kappa shape index (κ2) is 7.77. The van der Waals surface area contributed by atoms with Gasteiger partial charge in [0.2, 0.25) is 5.91 Å².